The zero-order chi connectivity index (χ0) is 9.80. The molecule has 0 bridgehead atoms. The molecule has 4 nitrogen and oxygen atoms in total. The first kappa shape index (κ1) is 8.62. The summed E-state index contributed by atoms with van der Waals surface area (Å²) in [5, 5.41) is 4.57. The Morgan fingerprint density at radius 2 is 2.14 bits per heavy atom. The number of nitrogens with zero attached hydrogens (tertiary/aromatic N) is 1. The number of hydrogen-bond acceptors (Lipinski definition) is 3. The predicted molar refractivity (Wildman–Crippen MR) is 54.2 cm³/mol. The Bertz CT molecular complexity index is 348. The molecule has 0 saturated heterocycles. The molecule has 0 atom stereocenters. The van der Waals surface area contributed by atoms with E-state index < -0.39 is 0 Å². The lowest BCUT2D eigenvalue weighted by atomic mass is 10.3. The maximum atomic E-state index is 10.2. The maximum absolute atomic E-state index is 10.2. The minimum absolute atomic E-state index is 0.669. The van der Waals surface area contributed by atoms with Crippen molar-refractivity contribution in [3.8, 4) is 0 Å². The van der Waals surface area contributed by atoms with Gasteiger partial charge >= 0.3 is 0 Å². The number of para-hydroxylation sites is 1. The van der Waals surface area contributed by atoms with Crippen LogP contribution >= 0.6 is 0 Å². The highest BCUT2D eigenvalue weighted by Gasteiger charge is 2.12. The first-order valence-corrected chi connectivity index (χ1v) is 4.38. The Morgan fingerprint density at radius 1 is 1.36 bits per heavy atom. The van der Waals surface area contributed by atoms with Gasteiger partial charge in [0.05, 0.1) is 17.9 Å². The zero-order valence-electron chi connectivity index (χ0n) is 7.60. The SMILES string of the molecule is O=CNC1=CNN(c2ccccc2)C1. The summed E-state index contributed by atoms with van der Waals surface area (Å²) >= 11 is 0. The van der Waals surface area contributed by atoms with Crippen LogP contribution in [0.5, 0.6) is 0 Å². The second-order valence-corrected chi connectivity index (χ2v) is 2.98. The molecule has 14 heavy (non-hydrogen) atoms. The van der Waals surface area contributed by atoms with Gasteiger partial charge in [0.15, 0.2) is 0 Å². The summed E-state index contributed by atoms with van der Waals surface area (Å²) in [6.07, 6.45) is 2.46. The summed E-state index contributed by atoms with van der Waals surface area (Å²) in [6, 6.07) is 9.93. The highest BCUT2D eigenvalue weighted by atomic mass is 16.1. The first-order valence-electron chi connectivity index (χ1n) is 4.38. The van der Waals surface area contributed by atoms with Crippen molar-refractivity contribution in [1.82, 2.24) is 10.7 Å². The van der Waals surface area contributed by atoms with Crippen LogP contribution in [0, 0.1) is 0 Å². The molecule has 2 N–H and O–H groups in total. The fourth-order valence-electron chi connectivity index (χ4n) is 1.35. The van der Waals surface area contributed by atoms with Crippen LogP contribution in [0.15, 0.2) is 42.2 Å². The van der Waals surface area contributed by atoms with Gasteiger partial charge in [0.2, 0.25) is 6.41 Å². The summed E-state index contributed by atoms with van der Waals surface area (Å²) in [6.45, 7) is 0.669. The topological polar surface area (TPSA) is 44.4 Å². The Hall–Kier alpha value is -1.97. The minimum atomic E-state index is 0.669. The molecule has 4 heteroatoms. The zero-order valence-corrected chi connectivity index (χ0v) is 7.60. The average Bonchev–Trinajstić information content (AvgIpc) is 2.68. The lowest BCUT2D eigenvalue weighted by Crippen LogP contribution is -2.30. The third kappa shape index (κ3) is 1.69. The molecule has 0 fully saturated rings. The van der Waals surface area contributed by atoms with Crippen molar-refractivity contribution in [2.45, 2.75) is 0 Å². The van der Waals surface area contributed by atoms with Gasteiger partial charge in [-0.15, -0.1) is 0 Å². The molecule has 1 aliphatic heterocycles. The van der Waals surface area contributed by atoms with E-state index in [1.807, 2.05) is 35.3 Å². The first-order chi connectivity index (χ1) is 6.90. The van der Waals surface area contributed by atoms with Crippen LogP contribution in [-0.2, 0) is 4.79 Å². The van der Waals surface area contributed by atoms with Crippen LogP contribution in [0.2, 0.25) is 0 Å². The van der Waals surface area contributed by atoms with E-state index >= 15 is 0 Å². The van der Waals surface area contributed by atoms with Gasteiger partial charge in [0.25, 0.3) is 0 Å². The molecular formula is C10H11N3O. The third-order valence-electron chi connectivity index (χ3n) is 2.04. The molecule has 1 aromatic rings. The number of carbonyl (C=O) groups excluding carboxylic acids is 1. The molecule has 0 spiro atoms. The van der Waals surface area contributed by atoms with Gasteiger partial charge in [-0.25, -0.2) is 0 Å². The van der Waals surface area contributed by atoms with E-state index in [0.717, 1.165) is 11.4 Å². The van der Waals surface area contributed by atoms with Crippen LogP contribution in [0.25, 0.3) is 0 Å². The molecule has 72 valence electrons. The van der Waals surface area contributed by atoms with Gasteiger partial charge in [-0.3, -0.25) is 9.80 Å². The van der Waals surface area contributed by atoms with Crippen molar-refractivity contribution in [2.24, 2.45) is 0 Å². The van der Waals surface area contributed by atoms with Crippen LogP contribution in [0.3, 0.4) is 0 Å². The van der Waals surface area contributed by atoms with E-state index in [2.05, 4.69) is 10.7 Å². The Balaban J connectivity index is 2.02. The van der Waals surface area contributed by atoms with Crippen LogP contribution in [0.1, 0.15) is 0 Å². The lowest BCUT2D eigenvalue weighted by Gasteiger charge is -2.18. The summed E-state index contributed by atoms with van der Waals surface area (Å²) in [5.74, 6) is 0. The summed E-state index contributed by atoms with van der Waals surface area (Å²) in [7, 11) is 0. The van der Waals surface area contributed by atoms with Crippen molar-refractivity contribution >= 4 is 12.1 Å². The van der Waals surface area contributed by atoms with Gasteiger partial charge in [0, 0.05) is 6.20 Å². The van der Waals surface area contributed by atoms with E-state index in [1.54, 1.807) is 6.20 Å². The fraction of sp³-hybridized carbons (Fsp3) is 0.100. The van der Waals surface area contributed by atoms with Crippen LogP contribution in [0.4, 0.5) is 5.69 Å². The molecule has 2 rings (SSSR count). The van der Waals surface area contributed by atoms with E-state index in [-0.39, 0.29) is 0 Å². The van der Waals surface area contributed by atoms with Gasteiger partial charge in [0.1, 0.15) is 0 Å². The molecule has 0 radical (unpaired) electrons. The number of rotatable bonds is 3. The van der Waals surface area contributed by atoms with Crippen molar-refractivity contribution in [3.63, 3.8) is 0 Å². The van der Waals surface area contributed by atoms with Crippen LogP contribution < -0.4 is 15.8 Å². The van der Waals surface area contributed by atoms with Gasteiger partial charge in [-0.1, -0.05) is 18.2 Å². The molecule has 1 amide bonds. The molecule has 1 aromatic carbocycles. The van der Waals surface area contributed by atoms with Gasteiger partial charge in [-0.05, 0) is 12.1 Å². The number of anilines is 1. The highest BCUT2D eigenvalue weighted by molar-refractivity contribution is 5.54. The predicted octanol–water partition coefficient (Wildman–Crippen LogP) is 0.599. The lowest BCUT2D eigenvalue weighted by molar-refractivity contribution is -0.108. The van der Waals surface area contributed by atoms with E-state index in [1.165, 1.54) is 0 Å². The quantitative estimate of drug-likeness (QED) is 0.684. The second-order valence-electron chi connectivity index (χ2n) is 2.98. The number of nitrogens with one attached hydrogen (secondary N) is 2. The van der Waals surface area contributed by atoms with Gasteiger partial charge in [-0.2, -0.15) is 0 Å². The van der Waals surface area contributed by atoms with Crippen molar-refractivity contribution in [1.29, 1.82) is 0 Å². The molecule has 0 unspecified atom stereocenters. The molecule has 0 saturated carbocycles. The Kier molecular flexibility index (Phi) is 2.36. The number of hydrogen-bond donors (Lipinski definition) is 2. The van der Waals surface area contributed by atoms with Crippen molar-refractivity contribution in [2.75, 3.05) is 11.6 Å². The number of amides is 1. The third-order valence-corrected chi connectivity index (χ3v) is 2.04. The standard InChI is InChI=1S/C10H11N3O/c14-8-11-9-6-12-13(7-9)10-4-2-1-3-5-10/h1-6,8,12H,7H2,(H,11,14). The molecule has 0 aromatic heterocycles. The number of carbonyl (C=O) groups is 1. The molecular weight excluding hydrogens is 178 g/mol. The molecule has 0 aliphatic carbocycles. The number of hydrazine groups is 1. The molecule has 1 heterocycles. The summed E-state index contributed by atoms with van der Waals surface area (Å²) in [5.41, 5.74) is 5.00. The summed E-state index contributed by atoms with van der Waals surface area (Å²) < 4.78 is 0. The highest BCUT2D eigenvalue weighted by Crippen LogP contribution is 2.14. The number of benzene rings is 1. The monoisotopic (exact) mass is 189 g/mol. The van der Waals surface area contributed by atoms with Crippen LogP contribution in [-0.4, -0.2) is 13.0 Å². The second kappa shape index (κ2) is 3.83. The van der Waals surface area contributed by atoms with Crippen molar-refractivity contribution in [3.05, 3.63) is 42.2 Å². The smallest absolute Gasteiger partial charge is 0.211 e. The Labute approximate surface area is 82.2 Å². The van der Waals surface area contributed by atoms with Gasteiger partial charge < -0.3 is 10.7 Å². The maximum Gasteiger partial charge on any atom is 0.211 e. The van der Waals surface area contributed by atoms with E-state index in [0.29, 0.717) is 13.0 Å². The normalized spacial score (nSPS) is 14.6. The Morgan fingerprint density at radius 3 is 2.86 bits per heavy atom. The molecule has 1 aliphatic rings. The average molecular weight is 189 g/mol. The van der Waals surface area contributed by atoms with E-state index in [4.69, 9.17) is 0 Å². The van der Waals surface area contributed by atoms with Crippen molar-refractivity contribution < 1.29 is 4.79 Å². The summed E-state index contributed by atoms with van der Waals surface area (Å²) in [4.78, 5) is 10.2. The fourth-order valence-corrected chi connectivity index (χ4v) is 1.35. The largest absolute Gasteiger partial charge is 0.329 e. The minimum Gasteiger partial charge on any atom is -0.329 e. The van der Waals surface area contributed by atoms with E-state index in [9.17, 15) is 4.79 Å².